The van der Waals surface area contributed by atoms with Gasteiger partial charge in [-0.25, -0.2) is 4.39 Å². The molecule has 0 aliphatic rings. The van der Waals surface area contributed by atoms with Crippen LogP contribution < -0.4 is 0 Å². The molecule has 194 valence electrons. The van der Waals surface area contributed by atoms with Crippen molar-refractivity contribution in [3.63, 3.8) is 0 Å². The first-order valence-electron chi connectivity index (χ1n) is 12.7. The Balaban J connectivity index is 0.000000603. The summed E-state index contributed by atoms with van der Waals surface area (Å²) in [4.78, 5) is 8.00. The van der Waals surface area contributed by atoms with E-state index in [4.69, 9.17) is 5.26 Å². The normalized spacial score (nSPS) is 11.1. The molecule has 4 heteroatoms. The van der Waals surface area contributed by atoms with E-state index < -0.39 is 0 Å². The molecule has 2 rings (SSSR count). The van der Waals surface area contributed by atoms with Crippen LogP contribution in [0.1, 0.15) is 83.9 Å². The molecule has 0 heterocycles. The van der Waals surface area contributed by atoms with Crippen LogP contribution in [0.25, 0.3) is 11.1 Å². The maximum atomic E-state index is 14.0. The highest BCUT2D eigenvalue weighted by atomic mass is 19.1. The van der Waals surface area contributed by atoms with Crippen LogP contribution in [0.15, 0.2) is 70.3 Å². The Kier molecular flexibility index (Phi) is 17.2. The lowest BCUT2D eigenvalue weighted by Gasteiger charge is -2.07. The molecule has 0 amide bonds. The number of rotatable bonds is 8. The third kappa shape index (κ3) is 13.5. The minimum absolute atomic E-state index is 0.323. The molecule has 0 fully saturated rings. The summed E-state index contributed by atoms with van der Waals surface area (Å²) in [6.07, 6.45) is 11.1. The third-order valence-electron chi connectivity index (χ3n) is 5.46. The second-order valence-electron chi connectivity index (χ2n) is 8.97. The lowest BCUT2D eigenvalue weighted by Crippen LogP contribution is -1.91. The van der Waals surface area contributed by atoms with E-state index in [1.165, 1.54) is 31.7 Å². The van der Waals surface area contributed by atoms with Crippen LogP contribution in [0.3, 0.4) is 0 Å². The van der Waals surface area contributed by atoms with Crippen LogP contribution in [0.2, 0.25) is 0 Å². The number of aliphatic imine (C=N–C) groups is 2. The molecule has 0 unspecified atom stereocenters. The van der Waals surface area contributed by atoms with E-state index in [-0.39, 0.29) is 5.82 Å². The number of nitrogens with zero attached hydrogens (tertiary/aromatic N) is 3. The number of hydrogen-bond acceptors (Lipinski definition) is 3. The van der Waals surface area contributed by atoms with Gasteiger partial charge in [0, 0.05) is 30.7 Å². The van der Waals surface area contributed by atoms with Crippen molar-refractivity contribution in [1.82, 2.24) is 0 Å². The molecule has 2 aromatic rings. The second-order valence-corrected chi connectivity index (χ2v) is 8.97. The van der Waals surface area contributed by atoms with Crippen LogP contribution in [0.5, 0.6) is 0 Å². The van der Waals surface area contributed by atoms with Gasteiger partial charge >= 0.3 is 0 Å². The Hall–Kier alpha value is -3.32. The van der Waals surface area contributed by atoms with E-state index in [1.807, 2.05) is 64.3 Å². The molecule has 0 saturated heterocycles. The van der Waals surface area contributed by atoms with Gasteiger partial charge in [0.25, 0.3) is 0 Å². The van der Waals surface area contributed by atoms with Gasteiger partial charge in [0.05, 0.1) is 11.6 Å². The third-order valence-corrected chi connectivity index (χ3v) is 5.46. The fourth-order valence-electron chi connectivity index (χ4n) is 3.32. The molecular formula is C32H44FN3. The minimum Gasteiger partial charge on any atom is -0.296 e. The average Bonchev–Trinajstić information content (AvgIpc) is 2.85. The summed E-state index contributed by atoms with van der Waals surface area (Å²) in [5, 5.41) is 8.74. The summed E-state index contributed by atoms with van der Waals surface area (Å²) in [5.74, 6) is 0.576. The van der Waals surface area contributed by atoms with Gasteiger partial charge in [0.1, 0.15) is 5.82 Å². The van der Waals surface area contributed by atoms with Crippen molar-refractivity contribution >= 4 is 12.4 Å². The molecule has 0 radical (unpaired) electrons. The van der Waals surface area contributed by atoms with E-state index >= 15 is 0 Å². The molecule has 0 aliphatic carbocycles. The summed E-state index contributed by atoms with van der Waals surface area (Å²) in [7, 11) is 1.70. The van der Waals surface area contributed by atoms with Crippen molar-refractivity contribution in [3.05, 3.63) is 82.8 Å². The lowest BCUT2D eigenvalue weighted by molar-refractivity contribution is 0.480. The van der Waals surface area contributed by atoms with Crippen LogP contribution in [-0.4, -0.2) is 19.5 Å². The van der Waals surface area contributed by atoms with Crippen molar-refractivity contribution in [3.8, 4) is 17.2 Å². The van der Waals surface area contributed by atoms with Gasteiger partial charge in [-0.05, 0) is 74.1 Å². The zero-order chi connectivity index (χ0) is 27.5. The maximum Gasteiger partial charge on any atom is 0.132 e. The monoisotopic (exact) mass is 489 g/mol. The van der Waals surface area contributed by atoms with E-state index in [0.29, 0.717) is 11.1 Å². The lowest BCUT2D eigenvalue weighted by atomic mass is 9.99. The summed E-state index contributed by atoms with van der Waals surface area (Å²) in [6, 6.07) is 12.1. The van der Waals surface area contributed by atoms with Crippen LogP contribution in [0, 0.1) is 30.0 Å². The number of allylic oxidation sites excluding steroid dienone is 3. The Morgan fingerprint density at radius 2 is 1.75 bits per heavy atom. The van der Waals surface area contributed by atoms with Crippen LogP contribution in [0.4, 0.5) is 4.39 Å². The van der Waals surface area contributed by atoms with E-state index in [1.54, 1.807) is 25.4 Å². The first kappa shape index (κ1) is 32.7. The fraction of sp³-hybridized carbons (Fsp3) is 0.406. The van der Waals surface area contributed by atoms with E-state index in [9.17, 15) is 4.39 Å². The molecule has 0 aliphatic heterocycles. The van der Waals surface area contributed by atoms with Crippen molar-refractivity contribution in [1.29, 1.82) is 5.26 Å². The van der Waals surface area contributed by atoms with Gasteiger partial charge in [-0.3, -0.25) is 9.98 Å². The predicted molar refractivity (Wildman–Crippen MR) is 157 cm³/mol. The molecular weight excluding hydrogens is 445 g/mol. The summed E-state index contributed by atoms with van der Waals surface area (Å²) >= 11 is 0. The highest BCUT2D eigenvalue weighted by molar-refractivity contribution is 5.84. The van der Waals surface area contributed by atoms with Crippen molar-refractivity contribution in [2.75, 3.05) is 7.05 Å². The van der Waals surface area contributed by atoms with Gasteiger partial charge in [0.15, 0.2) is 0 Å². The largest absolute Gasteiger partial charge is 0.296 e. The Bertz CT molecular complexity index is 1070. The summed E-state index contributed by atoms with van der Waals surface area (Å²) in [6.45, 7) is 18.3. The Labute approximate surface area is 219 Å². The number of nitriles is 1. The zero-order valence-corrected chi connectivity index (χ0v) is 23.5. The van der Waals surface area contributed by atoms with Crippen LogP contribution in [-0.2, 0) is 0 Å². The second kappa shape index (κ2) is 18.9. The molecule has 0 saturated carbocycles. The summed E-state index contributed by atoms with van der Waals surface area (Å²) in [5.41, 5.74) is 5.65. The Morgan fingerprint density at radius 1 is 1.11 bits per heavy atom. The number of benzene rings is 2. The minimum atomic E-state index is -0.387. The van der Waals surface area contributed by atoms with Crippen molar-refractivity contribution in [2.24, 2.45) is 15.9 Å². The van der Waals surface area contributed by atoms with Gasteiger partial charge in [0.2, 0.25) is 0 Å². The van der Waals surface area contributed by atoms with Gasteiger partial charge < -0.3 is 0 Å². The van der Waals surface area contributed by atoms with Crippen molar-refractivity contribution < 1.29 is 4.39 Å². The average molecular weight is 490 g/mol. The maximum absolute atomic E-state index is 14.0. The highest BCUT2D eigenvalue weighted by Gasteiger charge is 2.07. The van der Waals surface area contributed by atoms with Crippen LogP contribution >= 0.6 is 0 Å². The number of halogens is 1. The fourth-order valence-corrected chi connectivity index (χ4v) is 3.32. The molecule has 0 spiro atoms. The predicted octanol–water partition coefficient (Wildman–Crippen LogP) is 9.50. The molecule has 0 N–H and O–H groups in total. The SMILES string of the molecule is C=C(C)N=C/C(C)=C\C.CCCC(C)CCC.CN=Cc1cc(-c2ccc(C#N)cc2F)ccc1C. The zero-order valence-electron chi connectivity index (χ0n) is 23.5. The smallest absolute Gasteiger partial charge is 0.132 e. The standard InChI is InChI=1S/C16H13FN2.C8H13N.C8H18/c1-11-3-5-13(8-14(11)10-19-2)15-6-4-12(9-18)7-16(15)17;1-5-8(4)6-9-7(2)3;1-4-6-8(3)7-5-2/h3-8,10H,1-2H3;5-6H,2H2,1,3-4H3;8H,4-7H2,1-3H3/b;8-5-,9-6?;. The Morgan fingerprint density at radius 3 is 2.22 bits per heavy atom. The highest BCUT2D eigenvalue weighted by Crippen LogP contribution is 2.25. The first-order valence-corrected chi connectivity index (χ1v) is 12.7. The van der Waals surface area contributed by atoms with Gasteiger partial charge in [-0.2, -0.15) is 5.26 Å². The molecule has 3 nitrogen and oxygen atoms in total. The van der Waals surface area contributed by atoms with E-state index in [0.717, 1.165) is 33.9 Å². The molecule has 2 aromatic carbocycles. The topological polar surface area (TPSA) is 48.5 Å². The number of aryl methyl sites for hydroxylation is 1. The number of hydrogen-bond donors (Lipinski definition) is 0. The quantitative estimate of drug-likeness (QED) is 0.341. The van der Waals surface area contributed by atoms with Gasteiger partial charge in [-0.1, -0.05) is 77.3 Å². The van der Waals surface area contributed by atoms with E-state index in [2.05, 4.69) is 37.3 Å². The molecule has 0 bridgehead atoms. The van der Waals surface area contributed by atoms with Crippen molar-refractivity contribution in [2.45, 2.75) is 74.1 Å². The molecule has 0 atom stereocenters. The molecule has 0 aromatic heterocycles. The first-order chi connectivity index (χ1) is 17.1. The summed E-state index contributed by atoms with van der Waals surface area (Å²) < 4.78 is 14.0. The van der Waals surface area contributed by atoms with Gasteiger partial charge in [-0.15, -0.1) is 0 Å². The molecule has 36 heavy (non-hydrogen) atoms.